The van der Waals surface area contributed by atoms with Crippen LogP contribution in [0, 0.1) is 18.3 Å². The fourth-order valence-corrected chi connectivity index (χ4v) is 3.92. The Morgan fingerprint density at radius 3 is 2.59 bits per heavy atom. The van der Waals surface area contributed by atoms with Crippen LogP contribution in [0.15, 0.2) is 59.5 Å². The highest BCUT2D eigenvalue weighted by atomic mass is 32.2. The SMILES string of the molecule is Cc1cc(NCCc2ccc(S(N)(=O)=O)cc2)n2c(nc3ccccc32)c1C#N. The predicted octanol–water partition coefficient (Wildman–Crippen LogP) is 2.97. The molecular formula is C21H19N5O2S. The van der Waals surface area contributed by atoms with Gasteiger partial charge in [0.2, 0.25) is 10.0 Å². The molecule has 0 aliphatic carbocycles. The molecule has 8 heteroatoms. The number of para-hydroxylation sites is 2. The molecule has 2 aromatic carbocycles. The second kappa shape index (κ2) is 7.20. The minimum Gasteiger partial charge on any atom is -0.371 e. The molecule has 3 N–H and O–H groups in total. The number of benzene rings is 2. The molecule has 0 spiro atoms. The summed E-state index contributed by atoms with van der Waals surface area (Å²) in [4.78, 5) is 4.74. The lowest BCUT2D eigenvalue weighted by Crippen LogP contribution is -2.12. The average molecular weight is 405 g/mol. The summed E-state index contributed by atoms with van der Waals surface area (Å²) < 4.78 is 24.7. The molecule has 4 rings (SSSR count). The molecule has 0 saturated heterocycles. The molecule has 29 heavy (non-hydrogen) atoms. The predicted molar refractivity (Wildman–Crippen MR) is 112 cm³/mol. The van der Waals surface area contributed by atoms with E-state index in [2.05, 4.69) is 16.4 Å². The molecule has 0 amide bonds. The van der Waals surface area contributed by atoms with E-state index in [1.165, 1.54) is 12.1 Å². The third-order valence-corrected chi connectivity index (χ3v) is 5.79. The first-order chi connectivity index (χ1) is 13.9. The molecule has 2 heterocycles. The van der Waals surface area contributed by atoms with Crippen LogP contribution < -0.4 is 10.5 Å². The van der Waals surface area contributed by atoms with Gasteiger partial charge in [-0.05, 0) is 54.8 Å². The van der Waals surface area contributed by atoms with Crippen LogP contribution in [0.2, 0.25) is 0 Å². The number of nitrogens with one attached hydrogen (secondary N) is 1. The Labute approximate surface area is 168 Å². The van der Waals surface area contributed by atoms with Gasteiger partial charge in [0.25, 0.3) is 0 Å². The first kappa shape index (κ1) is 18.9. The summed E-state index contributed by atoms with van der Waals surface area (Å²) in [6.07, 6.45) is 0.693. The highest BCUT2D eigenvalue weighted by molar-refractivity contribution is 7.89. The van der Waals surface area contributed by atoms with Crippen molar-refractivity contribution in [3.05, 3.63) is 71.3 Å². The molecule has 4 aromatic rings. The fraction of sp³-hybridized carbons (Fsp3) is 0.143. The van der Waals surface area contributed by atoms with E-state index in [4.69, 9.17) is 5.14 Å². The lowest BCUT2D eigenvalue weighted by molar-refractivity contribution is 0.598. The number of imidazole rings is 1. The number of rotatable bonds is 5. The number of nitriles is 1. The first-order valence-corrected chi connectivity index (χ1v) is 10.6. The number of pyridine rings is 1. The number of nitrogens with two attached hydrogens (primary N) is 1. The van der Waals surface area contributed by atoms with E-state index in [-0.39, 0.29) is 4.90 Å². The van der Waals surface area contributed by atoms with Gasteiger partial charge in [0, 0.05) is 6.54 Å². The van der Waals surface area contributed by atoms with Crippen LogP contribution in [0.3, 0.4) is 0 Å². The van der Waals surface area contributed by atoms with Crippen molar-refractivity contribution >= 4 is 32.5 Å². The Bertz CT molecular complexity index is 1370. The fourth-order valence-electron chi connectivity index (χ4n) is 3.40. The van der Waals surface area contributed by atoms with Gasteiger partial charge in [-0.3, -0.25) is 4.40 Å². The Hall–Kier alpha value is -3.41. The quantitative estimate of drug-likeness (QED) is 0.530. The van der Waals surface area contributed by atoms with E-state index < -0.39 is 10.0 Å². The number of anilines is 1. The molecule has 2 aromatic heterocycles. The van der Waals surface area contributed by atoms with Crippen molar-refractivity contribution in [1.82, 2.24) is 9.38 Å². The van der Waals surface area contributed by atoms with Gasteiger partial charge < -0.3 is 5.32 Å². The number of hydrogen-bond acceptors (Lipinski definition) is 5. The summed E-state index contributed by atoms with van der Waals surface area (Å²) in [5.74, 6) is 0.853. The van der Waals surface area contributed by atoms with E-state index in [1.54, 1.807) is 12.1 Å². The number of aromatic nitrogens is 2. The summed E-state index contributed by atoms with van der Waals surface area (Å²) in [6.45, 7) is 2.52. The van der Waals surface area contributed by atoms with E-state index in [0.29, 0.717) is 24.2 Å². The number of aryl methyl sites for hydroxylation is 1. The van der Waals surface area contributed by atoms with Crippen LogP contribution in [0.5, 0.6) is 0 Å². The van der Waals surface area contributed by atoms with E-state index in [0.717, 1.165) is 28.0 Å². The van der Waals surface area contributed by atoms with Crippen LogP contribution >= 0.6 is 0 Å². The smallest absolute Gasteiger partial charge is 0.238 e. The second-order valence-electron chi connectivity index (χ2n) is 6.82. The molecule has 0 unspecified atom stereocenters. The minimum atomic E-state index is -3.69. The molecule has 0 fully saturated rings. The topological polar surface area (TPSA) is 113 Å². The highest BCUT2D eigenvalue weighted by Gasteiger charge is 2.14. The third kappa shape index (κ3) is 3.53. The lowest BCUT2D eigenvalue weighted by atomic mass is 10.1. The van der Waals surface area contributed by atoms with Crippen molar-refractivity contribution in [2.45, 2.75) is 18.2 Å². The second-order valence-corrected chi connectivity index (χ2v) is 8.39. The molecule has 7 nitrogen and oxygen atoms in total. The normalized spacial score (nSPS) is 11.6. The molecule has 0 radical (unpaired) electrons. The van der Waals surface area contributed by atoms with Crippen molar-refractivity contribution in [3.63, 3.8) is 0 Å². The zero-order valence-corrected chi connectivity index (χ0v) is 16.6. The summed E-state index contributed by atoms with van der Waals surface area (Å²) in [6, 6.07) is 18.5. The zero-order chi connectivity index (χ0) is 20.6. The molecular weight excluding hydrogens is 386 g/mol. The largest absolute Gasteiger partial charge is 0.371 e. The Morgan fingerprint density at radius 2 is 1.90 bits per heavy atom. The number of nitrogens with zero attached hydrogens (tertiary/aromatic N) is 3. The van der Waals surface area contributed by atoms with E-state index in [1.807, 2.05) is 41.7 Å². The minimum absolute atomic E-state index is 0.100. The third-order valence-electron chi connectivity index (χ3n) is 4.86. The molecule has 146 valence electrons. The van der Waals surface area contributed by atoms with Gasteiger partial charge in [0.1, 0.15) is 11.9 Å². The Morgan fingerprint density at radius 1 is 1.17 bits per heavy atom. The van der Waals surface area contributed by atoms with Gasteiger partial charge in [-0.1, -0.05) is 24.3 Å². The zero-order valence-electron chi connectivity index (χ0n) is 15.8. The van der Waals surface area contributed by atoms with Gasteiger partial charge in [-0.25, -0.2) is 18.5 Å². The summed E-state index contributed by atoms with van der Waals surface area (Å²) in [5.41, 5.74) is 4.80. The standard InChI is InChI=1S/C21H19N5O2S/c1-14-12-20(24-11-10-15-6-8-16(9-7-15)29(23,27)28)26-19-5-3-2-4-18(19)25-21(26)17(14)13-22/h2-9,12,24H,10-11H2,1H3,(H2,23,27,28). The molecule has 0 saturated carbocycles. The van der Waals surface area contributed by atoms with Crippen LogP contribution in [-0.4, -0.2) is 24.3 Å². The van der Waals surface area contributed by atoms with Gasteiger partial charge in [-0.2, -0.15) is 5.26 Å². The van der Waals surface area contributed by atoms with Crippen LogP contribution in [0.25, 0.3) is 16.7 Å². The summed E-state index contributed by atoms with van der Waals surface area (Å²) >= 11 is 0. The van der Waals surface area contributed by atoms with Crippen LogP contribution in [0.1, 0.15) is 16.7 Å². The Kier molecular flexibility index (Phi) is 4.70. The average Bonchev–Trinajstić information content (AvgIpc) is 3.07. The van der Waals surface area contributed by atoms with Crippen LogP contribution in [0.4, 0.5) is 5.82 Å². The monoisotopic (exact) mass is 405 g/mol. The number of fused-ring (bicyclic) bond motifs is 3. The van der Waals surface area contributed by atoms with Crippen LogP contribution in [-0.2, 0) is 16.4 Å². The first-order valence-electron chi connectivity index (χ1n) is 9.05. The number of sulfonamides is 1. The van der Waals surface area contributed by atoms with Crippen molar-refractivity contribution in [3.8, 4) is 6.07 Å². The van der Waals surface area contributed by atoms with Crippen molar-refractivity contribution in [1.29, 1.82) is 5.26 Å². The van der Waals surface area contributed by atoms with Crippen molar-refractivity contribution < 1.29 is 8.42 Å². The Balaban J connectivity index is 1.64. The van der Waals surface area contributed by atoms with Crippen molar-refractivity contribution in [2.75, 3.05) is 11.9 Å². The van der Waals surface area contributed by atoms with E-state index in [9.17, 15) is 13.7 Å². The molecule has 0 aliphatic rings. The number of primary sulfonamides is 1. The van der Waals surface area contributed by atoms with Gasteiger partial charge in [0.15, 0.2) is 5.65 Å². The van der Waals surface area contributed by atoms with Gasteiger partial charge in [-0.15, -0.1) is 0 Å². The highest BCUT2D eigenvalue weighted by Crippen LogP contribution is 2.26. The maximum atomic E-state index is 11.4. The lowest BCUT2D eigenvalue weighted by Gasteiger charge is -2.12. The molecule has 0 bridgehead atoms. The summed E-state index contributed by atoms with van der Waals surface area (Å²) in [5, 5.41) is 18.1. The van der Waals surface area contributed by atoms with Gasteiger partial charge >= 0.3 is 0 Å². The number of hydrogen-bond donors (Lipinski definition) is 2. The van der Waals surface area contributed by atoms with E-state index >= 15 is 0 Å². The molecule has 0 aliphatic heterocycles. The maximum Gasteiger partial charge on any atom is 0.238 e. The maximum absolute atomic E-state index is 11.4. The molecule has 0 atom stereocenters. The summed E-state index contributed by atoms with van der Waals surface area (Å²) in [7, 11) is -3.69. The van der Waals surface area contributed by atoms with Crippen molar-refractivity contribution in [2.24, 2.45) is 5.14 Å². The van der Waals surface area contributed by atoms with Gasteiger partial charge in [0.05, 0.1) is 21.5 Å².